The van der Waals surface area contributed by atoms with E-state index in [9.17, 15) is 13.2 Å². The summed E-state index contributed by atoms with van der Waals surface area (Å²) in [5.74, 6) is 1.10. The fourth-order valence-corrected chi connectivity index (χ4v) is 5.58. The molecule has 0 bridgehead atoms. The van der Waals surface area contributed by atoms with Crippen LogP contribution in [0.3, 0.4) is 0 Å². The van der Waals surface area contributed by atoms with Crippen LogP contribution in [0.5, 0.6) is 5.75 Å². The predicted molar refractivity (Wildman–Crippen MR) is 116 cm³/mol. The van der Waals surface area contributed by atoms with Crippen LogP contribution in [0.4, 0.5) is 5.69 Å². The lowest BCUT2D eigenvalue weighted by Gasteiger charge is -2.21. The van der Waals surface area contributed by atoms with Crippen LogP contribution in [0.1, 0.15) is 50.3 Å². The molecule has 2 fully saturated rings. The van der Waals surface area contributed by atoms with Crippen molar-refractivity contribution in [2.75, 3.05) is 31.3 Å². The summed E-state index contributed by atoms with van der Waals surface area (Å²) in [5, 5.41) is 11.0. The van der Waals surface area contributed by atoms with Gasteiger partial charge in [-0.15, -0.1) is 10.2 Å². The van der Waals surface area contributed by atoms with E-state index in [1.807, 2.05) is 0 Å². The van der Waals surface area contributed by atoms with Crippen LogP contribution in [-0.2, 0) is 14.8 Å². The highest BCUT2D eigenvalue weighted by Gasteiger charge is 2.30. The van der Waals surface area contributed by atoms with E-state index in [0.29, 0.717) is 41.6 Å². The Bertz CT molecular complexity index is 1030. The van der Waals surface area contributed by atoms with Gasteiger partial charge in [0.1, 0.15) is 5.75 Å². The Kier molecular flexibility index (Phi) is 6.83. The maximum Gasteiger partial charge on any atom is 0.277 e. The number of sulfonamides is 1. The molecule has 0 spiro atoms. The highest BCUT2D eigenvalue weighted by molar-refractivity contribution is 7.99. The van der Waals surface area contributed by atoms with Gasteiger partial charge in [-0.2, -0.15) is 4.31 Å². The number of rotatable bonds is 8. The number of carbonyl (C=O) groups excluding carboxylic acids is 1. The number of anilines is 1. The highest BCUT2D eigenvalue weighted by Crippen LogP contribution is 2.39. The first-order valence-electron chi connectivity index (χ1n) is 10.4. The van der Waals surface area contributed by atoms with Crippen molar-refractivity contribution in [1.82, 2.24) is 14.5 Å². The fourth-order valence-electron chi connectivity index (χ4n) is 3.46. The van der Waals surface area contributed by atoms with Crippen LogP contribution in [0.25, 0.3) is 0 Å². The molecular weight excluding hydrogens is 440 g/mol. The molecule has 1 saturated heterocycles. The monoisotopic (exact) mass is 466 g/mol. The lowest BCUT2D eigenvalue weighted by Crippen LogP contribution is -2.32. The molecule has 4 rings (SSSR count). The van der Waals surface area contributed by atoms with Crippen LogP contribution in [0, 0.1) is 0 Å². The van der Waals surface area contributed by atoms with Gasteiger partial charge in [0, 0.05) is 19.0 Å². The van der Waals surface area contributed by atoms with E-state index in [2.05, 4.69) is 15.5 Å². The van der Waals surface area contributed by atoms with Crippen LogP contribution in [0.2, 0.25) is 0 Å². The number of ether oxygens (including phenoxy) is 1. The molecule has 31 heavy (non-hydrogen) atoms. The first-order chi connectivity index (χ1) is 15.0. The van der Waals surface area contributed by atoms with Crippen molar-refractivity contribution in [3.8, 4) is 5.75 Å². The molecule has 1 aliphatic carbocycles. The van der Waals surface area contributed by atoms with E-state index in [0.717, 1.165) is 50.3 Å². The molecule has 2 aliphatic rings. The molecule has 2 aromatic rings. The summed E-state index contributed by atoms with van der Waals surface area (Å²) in [4.78, 5) is 12.6. The zero-order valence-corrected chi connectivity index (χ0v) is 19.0. The third-order valence-electron chi connectivity index (χ3n) is 5.32. The van der Waals surface area contributed by atoms with Crippen LogP contribution >= 0.6 is 11.8 Å². The Balaban J connectivity index is 1.44. The highest BCUT2D eigenvalue weighted by atomic mass is 32.2. The van der Waals surface area contributed by atoms with E-state index in [-0.39, 0.29) is 16.6 Å². The topological polar surface area (TPSA) is 115 Å². The summed E-state index contributed by atoms with van der Waals surface area (Å²) in [6.45, 7) is 1.03. The lowest BCUT2D eigenvalue weighted by atomic mass is 10.2. The standard InChI is InChI=1S/C20H26N4O5S2/c1-28-17-9-8-15(31(26,27)24-10-4-2-3-5-11-24)12-16(17)21-18(25)13-30-20-23-22-19(29-20)14-6-7-14/h8-9,12,14H,2-7,10-11,13H2,1H3,(H,21,25). The summed E-state index contributed by atoms with van der Waals surface area (Å²) in [6.07, 6.45) is 5.90. The molecule has 1 aliphatic heterocycles. The molecular formula is C20H26N4O5S2. The Hall–Kier alpha value is -2.11. The summed E-state index contributed by atoms with van der Waals surface area (Å²) < 4.78 is 38.6. The molecule has 0 unspecified atom stereocenters. The molecule has 1 N–H and O–H groups in total. The van der Waals surface area contributed by atoms with Crippen molar-refractivity contribution in [3.05, 3.63) is 24.1 Å². The Morgan fingerprint density at radius 1 is 1.23 bits per heavy atom. The molecule has 11 heteroatoms. The third kappa shape index (κ3) is 5.39. The Morgan fingerprint density at radius 2 is 1.97 bits per heavy atom. The van der Waals surface area contributed by atoms with E-state index < -0.39 is 10.0 Å². The number of thioether (sulfide) groups is 1. The van der Waals surface area contributed by atoms with E-state index in [1.54, 1.807) is 6.07 Å². The minimum absolute atomic E-state index is 0.0541. The first kappa shape index (κ1) is 22.1. The molecule has 1 amide bonds. The molecule has 9 nitrogen and oxygen atoms in total. The van der Waals surface area contributed by atoms with E-state index in [1.165, 1.54) is 23.5 Å². The number of methoxy groups -OCH3 is 1. The lowest BCUT2D eigenvalue weighted by molar-refractivity contribution is -0.113. The first-order valence-corrected chi connectivity index (χ1v) is 12.8. The van der Waals surface area contributed by atoms with Crippen LogP contribution < -0.4 is 10.1 Å². The Morgan fingerprint density at radius 3 is 2.65 bits per heavy atom. The van der Waals surface area contributed by atoms with Gasteiger partial charge in [-0.3, -0.25) is 4.79 Å². The number of carbonyl (C=O) groups is 1. The summed E-state index contributed by atoms with van der Waals surface area (Å²) in [5.41, 5.74) is 0.313. The molecule has 168 valence electrons. The van der Waals surface area contributed by atoms with Crippen molar-refractivity contribution in [2.45, 2.75) is 54.6 Å². The maximum atomic E-state index is 13.1. The summed E-state index contributed by atoms with van der Waals surface area (Å²) >= 11 is 1.14. The number of hydrogen-bond acceptors (Lipinski definition) is 8. The van der Waals surface area contributed by atoms with Gasteiger partial charge in [0.2, 0.25) is 21.8 Å². The molecule has 1 saturated carbocycles. The molecule has 2 heterocycles. The predicted octanol–water partition coefficient (Wildman–Crippen LogP) is 3.25. The van der Waals surface area contributed by atoms with Gasteiger partial charge < -0.3 is 14.5 Å². The smallest absolute Gasteiger partial charge is 0.277 e. The zero-order valence-electron chi connectivity index (χ0n) is 17.4. The second-order valence-electron chi connectivity index (χ2n) is 7.70. The Labute approximate surface area is 186 Å². The van der Waals surface area contributed by atoms with Gasteiger partial charge in [-0.05, 0) is 43.9 Å². The third-order valence-corrected chi connectivity index (χ3v) is 8.04. The van der Waals surface area contributed by atoms with E-state index in [4.69, 9.17) is 9.15 Å². The normalized spacial score (nSPS) is 17.8. The maximum absolute atomic E-state index is 13.1. The van der Waals surface area contributed by atoms with Crippen LogP contribution in [-0.4, -0.2) is 54.8 Å². The van der Waals surface area contributed by atoms with E-state index >= 15 is 0 Å². The van der Waals surface area contributed by atoms with Crippen molar-refractivity contribution >= 4 is 33.4 Å². The fraction of sp³-hybridized carbons (Fsp3) is 0.550. The summed E-state index contributed by atoms with van der Waals surface area (Å²) in [6, 6.07) is 4.54. The van der Waals surface area contributed by atoms with Gasteiger partial charge in [0.25, 0.3) is 5.22 Å². The second kappa shape index (κ2) is 9.58. The largest absolute Gasteiger partial charge is 0.495 e. The van der Waals surface area contributed by atoms with Crippen molar-refractivity contribution in [2.24, 2.45) is 0 Å². The minimum atomic E-state index is -3.64. The number of nitrogens with zero attached hydrogens (tertiary/aromatic N) is 3. The number of benzene rings is 1. The number of aromatic nitrogens is 2. The molecule has 1 aromatic heterocycles. The minimum Gasteiger partial charge on any atom is -0.495 e. The average Bonchev–Trinajstić information content (AvgIpc) is 3.56. The quantitative estimate of drug-likeness (QED) is 0.590. The number of amides is 1. The van der Waals surface area contributed by atoms with Gasteiger partial charge in [0.05, 0.1) is 23.4 Å². The van der Waals surface area contributed by atoms with Gasteiger partial charge in [-0.25, -0.2) is 8.42 Å². The van der Waals surface area contributed by atoms with Gasteiger partial charge in [-0.1, -0.05) is 24.6 Å². The second-order valence-corrected chi connectivity index (χ2v) is 10.6. The van der Waals surface area contributed by atoms with Crippen molar-refractivity contribution in [1.29, 1.82) is 0 Å². The number of hydrogen-bond donors (Lipinski definition) is 1. The molecule has 1 aromatic carbocycles. The number of nitrogens with one attached hydrogen (secondary N) is 1. The van der Waals surface area contributed by atoms with Crippen molar-refractivity contribution < 1.29 is 22.4 Å². The average molecular weight is 467 g/mol. The van der Waals surface area contributed by atoms with Crippen LogP contribution in [0.15, 0.2) is 32.7 Å². The van der Waals surface area contributed by atoms with Gasteiger partial charge in [0.15, 0.2) is 0 Å². The molecule has 0 atom stereocenters. The molecule has 0 radical (unpaired) electrons. The SMILES string of the molecule is COc1ccc(S(=O)(=O)N2CCCCCC2)cc1NC(=O)CSc1nnc(C2CC2)o1. The zero-order chi connectivity index (χ0) is 21.8. The van der Waals surface area contributed by atoms with Gasteiger partial charge >= 0.3 is 0 Å². The summed E-state index contributed by atoms with van der Waals surface area (Å²) in [7, 11) is -2.16. The van der Waals surface area contributed by atoms with Crippen molar-refractivity contribution in [3.63, 3.8) is 0 Å².